The van der Waals surface area contributed by atoms with Crippen LogP contribution in [0.2, 0.25) is 5.02 Å². The zero-order chi connectivity index (χ0) is 11.8. The highest BCUT2D eigenvalue weighted by molar-refractivity contribution is 6.30. The predicted octanol–water partition coefficient (Wildman–Crippen LogP) is 3.26. The van der Waals surface area contributed by atoms with Crippen LogP contribution in [0.5, 0.6) is 5.75 Å². The molecule has 1 unspecified atom stereocenters. The van der Waals surface area contributed by atoms with Gasteiger partial charge in [0.05, 0.1) is 7.11 Å². The number of ether oxygens (including phenoxy) is 1. The number of halogens is 1. The largest absolute Gasteiger partial charge is 0.496 e. The van der Waals surface area contributed by atoms with Gasteiger partial charge in [-0.1, -0.05) is 11.6 Å². The van der Waals surface area contributed by atoms with Gasteiger partial charge in [-0.2, -0.15) is 0 Å². The van der Waals surface area contributed by atoms with Crippen molar-refractivity contribution < 1.29 is 4.74 Å². The molecule has 2 nitrogen and oxygen atoms in total. The maximum atomic E-state index is 6.13. The minimum Gasteiger partial charge on any atom is -0.496 e. The summed E-state index contributed by atoms with van der Waals surface area (Å²) in [5.74, 6) is 0.873. The second kappa shape index (κ2) is 4.27. The summed E-state index contributed by atoms with van der Waals surface area (Å²) in [7, 11) is 1.69. The van der Waals surface area contributed by atoms with E-state index >= 15 is 0 Å². The first kappa shape index (κ1) is 11.7. The Balaban J connectivity index is 2.51. The van der Waals surface area contributed by atoms with E-state index in [4.69, 9.17) is 16.3 Å². The normalized spacial score (nSPS) is 24.8. The van der Waals surface area contributed by atoms with Crippen LogP contribution < -0.4 is 10.1 Å². The molecule has 1 atom stereocenters. The molecule has 0 aliphatic carbocycles. The molecule has 2 rings (SSSR count). The van der Waals surface area contributed by atoms with Gasteiger partial charge in [-0.25, -0.2) is 0 Å². The second-order valence-electron chi connectivity index (χ2n) is 4.64. The van der Waals surface area contributed by atoms with E-state index in [-0.39, 0.29) is 5.54 Å². The van der Waals surface area contributed by atoms with E-state index in [1.807, 2.05) is 6.07 Å². The van der Waals surface area contributed by atoms with Crippen molar-refractivity contribution in [3.05, 3.63) is 28.3 Å². The van der Waals surface area contributed by atoms with E-state index in [0.717, 1.165) is 23.7 Å². The van der Waals surface area contributed by atoms with Crippen molar-refractivity contribution in [3.8, 4) is 5.75 Å². The van der Waals surface area contributed by atoms with Crippen molar-refractivity contribution in [2.45, 2.75) is 32.2 Å². The lowest BCUT2D eigenvalue weighted by Gasteiger charge is -2.28. The third-order valence-corrected chi connectivity index (χ3v) is 3.73. The first-order valence-electron chi connectivity index (χ1n) is 5.66. The van der Waals surface area contributed by atoms with Crippen molar-refractivity contribution in [1.82, 2.24) is 5.32 Å². The average Bonchev–Trinajstić information content (AvgIpc) is 2.69. The molecular weight excluding hydrogens is 222 g/mol. The Kier molecular flexibility index (Phi) is 3.13. The third kappa shape index (κ3) is 1.92. The summed E-state index contributed by atoms with van der Waals surface area (Å²) in [6.07, 6.45) is 2.36. The van der Waals surface area contributed by atoms with Crippen LogP contribution in [0.3, 0.4) is 0 Å². The molecule has 88 valence electrons. The maximum absolute atomic E-state index is 6.13. The van der Waals surface area contributed by atoms with Crippen LogP contribution in [0, 0.1) is 6.92 Å². The van der Waals surface area contributed by atoms with Crippen LogP contribution in [0.4, 0.5) is 0 Å². The Hall–Kier alpha value is -0.730. The first-order chi connectivity index (χ1) is 7.57. The standard InChI is InChI=1S/C13H18ClNO/c1-9-11(13(2)5-4-6-15-13)7-10(14)8-12(9)16-3/h7-8,15H,4-6H2,1-3H3. The molecular formula is C13H18ClNO. The van der Waals surface area contributed by atoms with E-state index < -0.39 is 0 Å². The molecule has 0 saturated carbocycles. The lowest BCUT2D eigenvalue weighted by Crippen LogP contribution is -2.34. The van der Waals surface area contributed by atoms with Crippen LogP contribution in [0.15, 0.2) is 12.1 Å². The van der Waals surface area contributed by atoms with Crippen LogP contribution in [0.1, 0.15) is 30.9 Å². The zero-order valence-corrected chi connectivity index (χ0v) is 10.8. The highest BCUT2D eigenvalue weighted by atomic mass is 35.5. The summed E-state index contributed by atoms with van der Waals surface area (Å²) in [5, 5.41) is 4.30. The van der Waals surface area contributed by atoms with Crippen LogP contribution in [-0.2, 0) is 5.54 Å². The van der Waals surface area contributed by atoms with Gasteiger partial charge in [-0.05, 0) is 56.5 Å². The minimum absolute atomic E-state index is 0.0439. The summed E-state index contributed by atoms with van der Waals surface area (Å²) in [6.45, 7) is 5.40. The zero-order valence-electron chi connectivity index (χ0n) is 10.1. The van der Waals surface area contributed by atoms with Gasteiger partial charge in [0.15, 0.2) is 0 Å². The summed E-state index contributed by atoms with van der Waals surface area (Å²) in [4.78, 5) is 0. The SMILES string of the molecule is COc1cc(Cl)cc(C2(C)CCCN2)c1C. The topological polar surface area (TPSA) is 21.3 Å². The number of hydrogen-bond donors (Lipinski definition) is 1. The van der Waals surface area contributed by atoms with Crippen LogP contribution in [0.25, 0.3) is 0 Å². The predicted molar refractivity (Wildman–Crippen MR) is 67.3 cm³/mol. The Morgan fingerprint density at radius 1 is 1.44 bits per heavy atom. The van der Waals surface area contributed by atoms with Gasteiger partial charge in [0.25, 0.3) is 0 Å². The summed E-state index contributed by atoms with van der Waals surface area (Å²) < 4.78 is 5.36. The van der Waals surface area contributed by atoms with Crippen molar-refractivity contribution in [3.63, 3.8) is 0 Å². The summed E-state index contributed by atoms with van der Waals surface area (Å²) in [5.41, 5.74) is 2.49. The number of hydrogen-bond acceptors (Lipinski definition) is 2. The third-order valence-electron chi connectivity index (χ3n) is 3.51. The highest BCUT2D eigenvalue weighted by Crippen LogP contribution is 2.37. The monoisotopic (exact) mass is 239 g/mol. The highest BCUT2D eigenvalue weighted by Gasteiger charge is 2.32. The fourth-order valence-electron chi connectivity index (χ4n) is 2.56. The average molecular weight is 240 g/mol. The minimum atomic E-state index is 0.0439. The van der Waals surface area contributed by atoms with Crippen LogP contribution in [-0.4, -0.2) is 13.7 Å². The molecule has 0 amide bonds. The summed E-state index contributed by atoms with van der Waals surface area (Å²) >= 11 is 6.13. The van der Waals surface area contributed by atoms with Crippen molar-refractivity contribution >= 4 is 11.6 Å². The fraction of sp³-hybridized carbons (Fsp3) is 0.538. The molecule has 3 heteroatoms. The van der Waals surface area contributed by atoms with Gasteiger partial charge in [-0.3, -0.25) is 0 Å². The number of rotatable bonds is 2. The van der Waals surface area contributed by atoms with Gasteiger partial charge in [0.1, 0.15) is 5.75 Å². The Morgan fingerprint density at radius 2 is 2.19 bits per heavy atom. The second-order valence-corrected chi connectivity index (χ2v) is 5.08. The van der Waals surface area contributed by atoms with E-state index in [2.05, 4.69) is 25.2 Å². The molecule has 1 aliphatic heterocycles. The lowest BCUT2D eigenvalue weighted by atomic mass is 9.87. The molecule has 1 fully saturated rings. The molecule has 0 bridgehead atoms. The van der Waals surface area contributed by atoms with Crippen molar-refractivity contribution in [2.24, 2.45) is 0 Å². The van der Waals surface area contributed by atoms with Crippen LogP contribution >= 0.6 is 11.6 Å². The molecule has 1 aliphatic rings. The van der Waals surface area contributed by atoms with E-state index in [9.17, 15) is 0 Å². The Morgan fingerprint density at radius 3 is 2.75 bits per heavy atom. The van der Waals surface area contributed by atoms with Gasteiger partial charge in [0.2, 0.25) is 0 Å². The molecule has 1 aromatic carbocycles. The van der Waals surface area contributed by atoms with E-state index in [0.29, 0.717) is 0 Å². The van der Waals surface area contributed by atoms with Crippen molar-refractivity contribution in [2.75, 3.05) is 13.7 Å². The van der Waals surface area contributed by atoms with Gasteiger partial charge in [0, 0.05) is 10.6 Å². The fourth-order valence-corrected chi connectivity index (χ4v) is 2.77. The summed E-state index contributed by atoms with van der Waals surface area (Å²) in [6, 6.07) is 3.93. The van der Waals surface area contributed by atoms with E-state index in [1.165, 1.54) is 17.5 Å². The van der Waals surface area contributed by atoms with Gasteiger partial charge >= 0.3 is 0 Å². The number of benzene rings is 1. The first-order valence-corrected chi connectivity index (χ1v) is 6.04. The van der Waals surface area contributed by atoms with E-state index in [1.54, 1.807) is 7.11 Å². The number of methoxy groups -OCH3 is 1. The Labute approximate surface area is 102 Å². The Bertz CT molecular complexity index is 397. The van der Waals surface area contributed by atoms with Gasteiger partial charge in [-0.15, -0.1) is 0 Å². The molecule has 1 N–H and O–H groups in total. The molecule has 16 heavy (non-hydrogen) atoms. The number of nitrogens with one attached hydrogen (secondary N) is 1. The lowest BCUT2D eigenvalue weighted by molar-refractivity contribution is 0.399. The molecule has 0 spiro atoms. The molecule has 0 radical (unpaired) electrons. The molecule has 1 heterocycles. The smallest absolute Gasteiger partial charge is 0.123 e. The molecule has 1 aromatic rings. The van der Waals surface area contributed by atoms with Gasteiger partial charge < -0.3 is 10.1 Å². The van der Waals surface area contributed by atoms with Crippen molar-refractivity contribution in [1.29, 1.82) is 0 Å². The maximum Gasteiger partial charge on any atom is 0.123 e. The quantitative estimate of drug-likeness (QED) is 0.856. The molecule has 1 saturated heterocycles. The molecule has 0 aromatic heterocycles.